The van der Waals surface area contributed by atoms with E-state index in [1.807, 2.05) is 25.7 Å². The first-order valence-corrected chi connectivity index (χ1v) is 10.5. The van der Waals surface area contributed by atoms with Crippen molar-refractivity contribution in [2.45, 2.75) is 64.2 Å². The molecule has 2 atom stereocenters. The van der Waals surface area contributed by atoms with Crippen LogP contribution >= 0.6 is 45.5 Å². The Morgan fingerprint density at radius 1 is 1.50 bits per heavy atom. The molecule has 3 rings (SSSR count). The molecule has 2 aliphatic heterocycles. The number of piperidine rings is 1. The molecule has 24 heavy (non-hydrogen) atoms. The van der Waals surface area contributed by atoms with Gasteiger partial charge in [0.1, 0.15) is 15.5 Å². The lowest BCUT2D eigenvalue weighted by Gasteiger charge is -2.46. The minimum Gasteiger partial charge on any atom is -0.444 e. The van der Waals surface area contributed by atoms with Crippen molar-refractivity contribution in [3.05, 3.63) is 18.3 Å². The van der Waals surface area contributed by atoms with Crippen LogP contribution in [0.15, 0.2) is 0 Å². The van der Waals surface area contributed by atoms with Gasteiger partial charge in [0.2, 0.25) is 0 Å². The van der Waals surface area contributed by atoms with E-state index in [2.05, 4.69) is 29.5 Å². The van der Waals surface area contributed by atoms with Gasteiger partial charge in [-0.15, -0.1) is 11.3 Å². The number of ether oxygens (including phenoxy) is 2. The summed E-state index contributed by atoms with van der Waals surface area (Å²) in [5, 5.41) is 0. The van der Waals surface area contributed by atoms with Crippen LogP contribution < -0.4 is 0 Å². The summed E-state index contributed by atoms with van der Waals surface area (Å²) in [6.07, 6.45) is 2.26. The highest BCUT2D eigenvalue weighted by Crippen LogP contribution is 2.50. The number of fused-ring (bicyclic) bond motifs is 2. The van der Waals surface area contributed by atoms with E-state index in [1.165, 1.54) is 14.0 Å². The summed E-state index contributed by atoms with van der Waals surface area (Å²) in [5.74, 6) is 0. The molecule has 1 spiro atoms. The number of hydrogen-bond acceptors (Lipinski definition) is 4. The van der Waals surface area contributed by atoms with Gasteiger partial charge < -0.3 is 14.4 Å². The third kappa shape index (κ3) is 3.44. The Morgan fingerprint density at radius 3 is 2.83 bits per heavy atom. The first-order valence-electron chi connectivity index (χ1n) is 8.24. The SMILES string of the molecule is C[C@H]1CC2(CCN1C(=O)OC(C)(C)C)OCCc1c2sc(Cl)c1I. The zero-order valence-electron chi connectivity index (χ0n) is 14.4. The van der Waals surface area contributed by atoms with E-state index in [1.54, 1.807) is 11.3 Å². The quantitative estimate of drug-likeness (QED) is 0.477. The molecule has 0 N–H and O–H groups in total. The van der Waals surface area contributed by atoms with Crippen molar-refractivity contribution >= 4 is 51.6 Å². The number of nitrogens with zero attached hydrogens (tertiary/aromatic N) is 1. The van der Waals surface area contributed by atoms with Gasteiger partial charge in [0.15, 0.2) is 0 Å². The lowest BCUT2D eigenvalue weighted by atomic mass is 9.82. The molecule has 7 heteroatoms. The van der Waals surface area contributed by atoms with E-state index < -0.39 is 5.60 Å². The maximum absolute atomic E-state index is 12.4. The summed E-state index contributed by atoms with van der Waals surface area (Å²) < 4.78 is 13.8. The van der Waals surface area contributed by atoms with Crippen LogP contribution in [0.3, 0.4) is 0 Å². The fourth-order valence-corrected chi connectivity index (χ4v) is 6.11. The average Bonchev–Trinajstić information content (AvgIpc) is 2.75. The second-order valence-corrected chi connectivity index (χ2v) is 10.3. The second kappa shape index (κ2) is 6.59. The van der Waals surface area contributed by atoms with Crippen molar-refractivity contribution in [1.29, 1.82) is 0 Å². The second-order valence-electron chi connectivity index (χ2n) is 7.57. The molecule has 0 radical (unpaired) electrons. The molecule has 0 aliphatic carbocycles. The van der Waals surface area contributed by atoms with Gasteiger partial charge in [-0.25, -0.2) is 4.79 Å². The van der Waals surface area contributed by atoms with E-state index in [0.29, 0.717) is 6.54 Å². The number of amides is 1. The highest BCUT2D eigenvalue weighted by Gasteiger charge is 2.47. The van der Waals surface area contributed by atoms with Crippen molar-refractivity contribution in [3.8, 4) is 0 Å². The molecule has 1 unspecified atom stereocenters. The van der Waals surface area contributed by atoms with Gasteiger partial charge in [-0.1, -0.05) is 11.6 Å². The maximum Gasteiger partial charge on any atom is 0.410 e. The van der Waals surface area contributed by atoms with Crippen LogP contribution in [0.5, 0.6) is 0 Å². The smallest absolute Gasteiger partial charge is 0.410 e. The van der Waals surface area contributed by atoms with Gasteiger partial charge in [-0.3, -0.25) is 0 Å². The molecule has 1 amide bonds. The van der Waals surface area contributed by atoms with E-state index in [-0.39, 0.29) is 17.7 Å². The standard InChI is InChI=1S/C17H23ClINO3S/c1-10-9-17(6-7-20(10)15(21)23-16(2,3)4)13-11(5-8-22-17)12(19)14(18)24-13/h10H,5-9H2,1-4H3/t10-,17?/m0/s1. The van der Waals surface area contributed by atoms with Gasteiger partial charge in [0.05, 0.1) is 6.61 Å². The summed E-state index contributed by atoms with van der Waals surface area (Å²) in [6.45, 7) is 9.12. The lowest BCUT2D eigenvalue weighted by molar-refractivity contribution is -0.108. The number of halogens is 2. The molecule has 4 nitrogen and oxygen atoms in total. The Kier molecular flexibility index (Phi) is 5.15. The van der Waals surface area contributed by atoms with Crippen LogP contribution in [0.1, 0.15) is 51.0 Å². The molecule has 0 saturated carbocycles. The van der Waals surface area contributed by atoms with Crippen LogP contribution in [0.25, 0.3) is 0 Å². The van der Waals surface area contributed by atoms with Gasteiger partial charge in [0, 0.05) is 27.5 Å². The number of hydrogen-bond donors (Lipinski definition) is 0. The number of carbonyl (C=O) groups excluding carboxylic acids is 1. The van der Waals surface area contributed by atoms with Crippen molar-refractivity contribution in [3.63, 3.8) is 0 Å². The molecule has 0 bridgehead atoms. The van der Waals surface area contributed by atoms with Crippen LogP contribution in [-0.4, -0.2) is 35.8 Å². The summed E-state index contributed by atoms with van der Waals surface area (Å²) >= 11 is 10.4. The van der Waals surface area contributed by atoms with Crippen LogP contribution in [-0.2, 0) is 21.5 Å². The number of thiophene rings is 1. The Bertz CT molecular complexity index is 657. The Balaban J connectivity index is 1.81. The summed E-state index contributed by atoms with van der Waals surface area (Å²) in [5.41, 5.74) is 0.566. The monoisotopic (exact) mass is 483 g/mol. The minimum absolute atomic E-state index is 0.0677. The average molecular weight is 484 g/mol. The van der Waals surface area contributed by atoms with Gasteiger partial charge >= 0.3 is 6.09 Å². The lowest BCUT2D eigenvalue weighted by Crippen LogP contribution is -2.53. The topological polar surface area (TPSA) is 38.8 Å². The third-order valence-electron chi connectivity index (χ3n) is 4.59. The van der Waals surface area contributed by atoms with Crippen LogP contribution in [0.4, 0.5) is 4.79 Å². The molecule has 3 heterocycles. The molecule has 1 aromatic rings. The van der Waals surface area contributed by atoms with Crippen LogP contribution in [0, 0.1) is 3.57 Å². The van der Waals surface area contributed by atoms with Gasteiger partial charge in [0.25, 0.3) is 0 Å². The van der Waals surface area contributed by atoms with Crippen molar-refractivity contribution in [2.75, 3.05) is 13.2 Å². The van der Waals surface area contributed by atoms with E-state index in [4.69, 9.17) is 21.1 Å². The van der Waals surface area contributed by atoms with E-state index in [9.17, 15) is 4.79 Å². The zero-order chi connectivity index (χ0) is 17.7. The van der Waals surface area contributed by atoms with E-state index in [0.717, 1.165) is 30.2 Å². The molecule has 1 saturated heterocycles. The van der Waals surface area contributed by atoms with Gasteiger partial charge in [-0.05, 0) is 68.7 Å². The number of likely N-dealkylation sites (tertiary alicyclic amines) is 1. The first kappa shape index (κ1) is 18.7. The zero-order valence-corrected chi connectivity index (χ0v) is 18.2. The maximum atomic E-state index is 12.4. The summed E-state index contributed by atoms with van der Waals surface area (Å²) in [6, 6.07) is 0.0677. The molecular formula is C17H23ClINO3S. The first-order chi connectivity index (χ1) is 11.1. The normalized spacial score (nSPS) is 27.2. The molecular weight excluding hydrogens is 461 g/mol. The number of carbonyl (C=O) groups is 1. The predicted molar refractivity (Wildman–Crippen MR) is 105 cm³/mol. The van der Waals surface area contributed by atoms with Crippen molar-refractivity contribution in [2.24, 2.45) is 0 Å². The fraction of sp³-hybridized carbons (Fsp3) is 0.706. The molecule has 1 aromatic heterocycles. The molecule has 2 aliphatic rings. The summed E-state index contributed by atoms with van der Waals surface area (Å²) in [4.78, 5) is 15.5. The predicted octanol–water partition coefficient (Wildman–Crippen LogP) is 5.19. The van der Waals surface area contributed by atoms with E-state index >= 15 is 0 Å². The van der Waals surface area contributed by atoms with Gasteiger partial charge in [-0.2, -0.15) is 0 Å². The number of rotatable bonds is 0. The Hall–Kier alpha value is -0.0500. The molecule has 0 aromatic carbocycles. The molecule has 1 fully saturated rings. The minimum atomic E-state index is -0.474. The Morgan fingerprint density at radius 2 is 2.21 bits per heavy atom. The Labute approximate surface area is 166 Å². The fourth-order valence-electron chi connectivity index (χ4n) is 3.56. The third-order valence-corrected chi connectivity index (χ3v) is 8.09. The van der Waals surface area contributed by atoms with Crippen molar-refractivity contribution < 1.29 is 14.3 Å². The highest BCUT2D eigenvalue weighted by atomic mass is 127. The largest absolute Gasteiger partial charge is 0.444 e. The van der Waals surface area contributed by atoms with Crippen LogP contribution in [0.2, 0.25) is 4.34 Å². The van der Waals surface area contributed by atoms with Crippen molar-refractivity contribution in [1.82, 2.24) is 4.90 Å². The summed E-state index contributed by atoms with van der Waals surface area (Å²) in [7, 11) is 0. The highest BCUT2D eigenvalue weighted by molar-refractivity contribution is 14.1. The molecule has 134 valence electrons.